The highest BCUT2D eigenvalue weighted by Crippen LogP contribution is 2.23. The Morgan fingerprint density at radius 3 is 2.44 bits per heavy atom. The predicted octanol–water partition coefficient (Wildman–Crippen LogP) is 2.36. The van der Waals surface area contributed by atoms with Gasteiger partial charge >= 0.3 is 0 Å². The molecule has 1 aromatic rings. The quantitative estimate of drug-likeness (QED) is 0.650. The molecule has 2 saturated heterocycles. The lowest BCUT2D eigenvalue weighted by atomic mass is 10.0. The van der Waals surface area contributed by atoms with E-state index in [2.05, 4.69) is 37.7 Å². The summed E-state index contributed by atoms with van der Waals surface area (Å²) in [6.07, 6.45) is 5.90. The van der Waals surface area contributed by atoms with Crippen LogP contribution in [-0.2, 0) is 11.2 Å². The van der Waals surface area contributed by atoms with E-state index in [1.165, 1.54) is 58.4 Å². The van der Waals surface area contributed by atoms with Crippen molar-refractivity contribution in [3.63, 3.8) is 0 Å². The van der Waals surface area contributed by atoms with Gasteiger partial charge in [0.05, 0.1) is 0 Å². The van der Waals surface area contributed by atoms with Crippen molar-refractivity contribution in [2.24, 2.45) is 0 Å². The normalized spacial score (nSPS) is 20.3. The van der Waals surface area contributed by atoms with Crippen LogP contribution in [0.2, 0.25) is 0 Å². The highest BCUT2D eigenvalue weighted by atomic mass is 16.5. The summed E-state index contributed by atoms with van der Waals surface area (Å²) in [4.78, 5) is 17.0. The minimum atomic E-state index is 0.741. The Hall–Kier alpha value is -1.24. The molecule has 2 fully saturated rings. The van der Waals surface area contributed by atoms with Gasteiger partial charge in [0, 0.05) is 70.8 Å². The molecule has 0 spiro atoms. The van der Waals surface area contributed by atoms with E-state index in [1.807, 2.05) is 6.92 Å². The lowest BCUT2D eigenvalue weighted by Crippen LogP contribution is -2.53. The number of piperazine rings is 1. The number of methoxy groups -OCH3 is 1. The Labute approximate surface area is 164 Å². The largest absolute Gasteiger partial charge is 0.385 e. The zero-order valence-corrected chi connectivity index (χ0v) is 17.5. The van der Waals surface area contributed by atoms with Crippen LogP contribution in [0.25, 0.3) is 0 Å². The van der Waals surface area contributed by atoms with Gasteiger partial charge in [-0.3, -0.25) is 4.90 Å². The molecular weight excluding hydrogens is 338 g/mol. The fourth-order valence-electron chi connectivity index (χ4n) is 4.35. The standard InChI is InChI=1S/C21H37N5O/c1-4-19-17-21(23-18(2)22-19)26-10-7-20(8-11-26)25-14-12-24(13-15-25)9-5-6-16-27-3/h17,20H,4-16H2,1-3H3. The van der Waals surface area contributed by atoms with Crippen LogP contribution in [-0.4, -0.2) is 85.3 Å². The maximum atomic E-state index is 5.15. The van der Waals surface area contributed by atoms with Crippen LogP contribution in [0.15, 0.2) is 6.07 Å². The molecule has 6 heteroatoms. The minimum Gasteiger partial charge on any atom is -0.385 e. The first-order valence-electron chi connectivity index (χ1n) is 10.7. The first-order valence-corrected chi connectivity index (χ1v) is 10.7. The number of unbranched alkanes of at least 4 members (excludes halogenated alkanes) is 1. The molecule has 0 atom stereocenters. The van der Waals surface area contributed by atoms with E-state index in [-0.39, 0.29) is 0 Å². The summed E-state index contributed by atoms with van der Waals surface area (Å²) >= 11 is 0. The number of rotatable bonds is 8. The summed E-state index contributed by atoms with van der Waals surface area (Å²) in [6, 6.07) is 2.92. The fraction of sp³-hybridized carbons (Fsp3) is 0.810. The monoisotopic (exact) mass is 375 g/mol. The fourth-order valence-corrected chi connectivity index (χ4v) is 4.35. The number of aryl methyl sites for hydroxylation is 2. The molecule has 27 heavy (non-hydrogen) atoms. The molecule has 0 N–H and O–H groups in total. The number of ether oxygens (including phenoxy) is 1. The summed E-state index contributed by atoms with van der Waals surface area (Å²) in [5.74, 6) is 2.02. The zero-order valence-electron chi connectivity index (χ0n) is 17.5. The Kier molecular flexibility index (Phi) is 7.85. The van der Waals surface area contributed by atoms with Crippen LogP contribution < -0.4 is 4.90 Å². The van der Waals surface area contributed by atoms with Gasteiger partial charge in [0.2, 0.25) is 0 Å². The van der Waals surface area contributed by atoms with Gasteiger partial charge in [0.25, 0.3) is 0 Å². The van der Waals surface area contributed by atoms with Crippen LogP contribution in [0, 0.1) is 6.92 Å². The maximum Gasteiger partial charge on any atom is 0.132 e. The Morgan fingerprint density at radius 1 is 1.04 bits per heavy atom. The van der Waals surface area contributed by atoms with E-state index < -0.39 is 0 Å². The average Bonchev–Trinajstić information content (AvgIpc) is 2.71. The van der Waals surface area contributed by atoms with Crippen molar-refractivity contribution < 1.29 is 4.74 Å². The molecule has 0 saturated carbocycles. The van der Waals surface area contributed by atoms with Crippen molar-refractivity contribution in [2.45, 2.75) is 52.0 Å². The van der Waals surface area contributed by atoms with Crippen molar-refractivity contribution in [1.82, 2.24) is 19.8 Å². The Balaban J connectivity index is 1.42. The van der Waals surface area contributed by atoms with Crippen LogP contribution in [0.4, 0.5) is 5.82 Å². The molecule has 3 rings (SSSR count). The van der Waals surface area contributed by atoms with Gasteiger partial charge in [-0.25, -0.2) is 9.97 Å². The number of anilines is 1. The first kappa shape index (κ1) is 20.5. The first-order chi connectivity index (χ1) is 13.2. The maximum absolute atomic E-state index is 5.15. The van der Waals surface area contributed by atoms with Gasteiger partial charge in [-0.1, -0.05) is 6.92 Å². The highest BCUT2D eigenvalue weighted by molar-refractivity contribution is 5.40. The van der Waals surface area contributed by atoms with Crippen molar-refractivity contribution in [1.29, 1.82) is 0 Å². The molecule has 0 aromatic carbocycles. The molecule has 0 aliphatic carbocycles. The molecule has 3 heterocycles. The number of nitrogens with zero attached hydrogens (tertiary/aromatic N) is 5. The molecule has 0 unspecified atom stereocenters. The van der Waals surface area contributed by atoms with E-state index in [0.29, 0.717) is 0 Å². The molecule has 0 amide bonds. The van der Waals surface area contributed by atoms with Crippen LogP contribution in [0.1, 0.15) is 44.1 Å². The van der Waals surface area contributed by atoms with E-state index in [0.717, 1.165) is 49.5 Å². The SMILES string of the molecule is CCc1cc(N2CCC(N3CCN(CCCCOC)CC3)CC2)nc(C)n1. The third kappa shape index (κ3) is 5.87. The van der Waals surface area contributed by atoms with E-state index in [1.54, 1.807) is 7.11 Å². The summed E-state index contributed by atoms with van der Waals surface area (Å²) < 4.78 is 5.15. The third-order valence-corrected chi connectivity index (χ3v) is 6.02. The van der Waals surface area contributed by atoms with Crippen LogP contribution in [0.3, 0.4) is 0 Å². The van der Waals surface area contributed by atoms with Gasteiger partial charge in [-0.15, -0.1) is 0 Å². The van der Waals surface area contributed by atoms with E-state index >= 15 is 0 Å². The van der Waals surface area contributed by atoms with Crippen molar-refractivity contribution in [2.75, 3.05) is 64.4 Å². The minimum absolute atomic E-state index is 0.741. The van der Waals surface area contributed by atoms with Crippen LogP contribution >= 0.6 is 0 Å². The summed E-state index contributed by atoms with van der Waals surface area (Å²) in [5.41, 5.74) is 1.15. The van der Waals surface area contributed by atoms with Gasteiger partial charge in [0.1, 0.15) is 11.6 Å². The predicted molar refractivity (Wildman–Crippen MR) is 111 cm³/mol. The molecule has 6 nitrogen and oxygen atoms in total. The summed E-state index contributed by atoms with van der Waals surface area (Å²) in [6.45, 7) is 13.4. The average molecular weight is 376 g/mol. The Morgan fingerprint density at radius 2 is 1.78 bits per heavy atom. The Bertz CT molecular complexity index is 566. The van der Waals surface area contributed by atoms with Crippen molar-refractivity contribution in [3.05, 3.63) is 17.6 Å². The van der Waals surface area contributed by atoms with Gasteiger partial charge in [-0.2, -0.15) is 0 Å². The molecule has 1 aromatic heterocycles. The second kappa shape index (κ2) is 10.3. The number of hydrogen-bond donors (Lipinski definition) is 0. The highest BCUT2D eigenvalue weighted by Gasteiger charge is 2.27. The molecular formula is C21H37N5O. The van der Waals surface area contributed by atoms with Crippen LogP contribution in [0.5, 0.6) is 0 Å². The van der Waals surface area contributed by atoms with Crippen molar-refractivity contribution in [3.8, 4) is 0 Å². The van der Waals surface area contributed by atoms with Gasteiger partial charge in [-0.05, 0) is 45.6 Å². The molecule has 0 bridgehead atoms. The summed E-state index contributed by atoms with van der Waals surface area (Å²) in [5, 5.41) is 0. The number of hydrogen-bond acceptors (Lipinski definition) is 6. The van der Waals surface area contributed by atoms with Gasteiger partial charge in [0.15, 0.2) is 0 Å². The molecule has 0 radical (unpaired) electrons. The van der Waals surface area contributed by atoms with E-state index in [4.69, 9.17) is 4.74 Å². The number of piperidine rings is 1. The van der Waals surface area contributed by atoms with E-state index in [9.17, 15) is 0 Å². The number of aromatic nitrogens is 2. The third-order valence-electron chi connectivity index (χ3n) is 6.02. The van der Waals surface area contributed by atoms with Gasteiger partial charge < -0.3 is 14.5 Å². The molecule has 2 aliphatic rings. The lowest BCUT2D eigenvalue weighted by molar-refractivity contribution is 0.0823. The molecule has 152 valence electrons. The lowest BCUT2D eigenvalue weighted by Gasteiger charge is -2.43. The zero-order chi connectivity index (χ0) is 19.1. The topological polar surface area (TPSA) is 44.7 Å². The summed E-state index contributed by atoms with van der Waals surface area (Å²) in [7, 11) is 1.79. The van der Waals surface area contributed by atoms with Crippen molar-refractivity contribution >= 4 is 5.82 Å². The molecule has 2 aliphatic heterocycles. The second-order valence-electron chi connectivity index (χ2n) is 7.91. The smallest absolute Gasteiger partial charge is 0.132 e. The second-order valence-corrected chi connectivity index (χ2v) is 7.91.